The average Bonchev–Trinajstić information content (AvgIpc) is 3.67. The molecule has 2 aromatic heterocycles. The molecule has 0 unspecified atom stereocenters. The van der Waals surface area contributed by atoms with E-state index in [4.69, 9.17) is 0 Å². The Kier molecular flexibility index (Phi) is 5.51. The highest BCUT2D eigenvalue weighted by atomic mass is 32.1. The summed E-state index contributed by atoms with van der Waals surface area (Å²) in [4.78, 5) is 0. The Morgan fingerprint density at radius 2 is 0.935 bits per heavy atom. The number of benzene rings is 8. The molecule has 2 heteroatoms. The third-order valence-electron chi connectivity index (χ3n) is 9.58. The van der Waals surface area contributed by atoms with Crippen molar-refractivity contribution in [2.75, 3.05) is 0 Å². The second-order valence-corrected chi connectivity index (χ2v) is 13.1. The lowest BCUT2D eigenvalue weighted by Crippen LogP contribution is -1.96. The van der Waals surface area contributed by atoms with E-state index in [0.717, 1.165) is 0 Å². The van der Waals surface area contributed by atoms with Crippen LogP contribution in [-0.4, -0.2) is 4.57 Å². The van der Waals surface area contributed by atoms with E-state index in [2.05, 4.69) is 168 Å². The van der Waals surface area contributed by atoms with Crippen molar-refractivity contribution in [3.05, 3.63) is 164 Å². The normalized spacial score (nSPS) is 11.9. The summed E-state index contributed by atoms with van der Waals surface area (Å²) in [5.41, 5.74) is 8.73. The summed E-state index contributed by atoms with van der Waals surface area (Å²) in [6.07, 6.45) is 0. The Morgan fingerprint density at radius 1 is 0.348 bits per heavy atom. The molecule has 214 valence electrons. The summed E-state index contributed by atoms with van der Waals surface area (Å²) >= 11 is 1.91. The third kappa shape index (κ3) is 3.68. The highest BCUT2D eigenvalue weighted by molar-refractivity contribution is 7.26. The summed E-state index contributed by atoms with van der Waals surface area (Å²) in [6.45, 7) is 0. The van der Waals surface area contributed by atoms with Crippen LogP contribution in [0.2, 0.25) is 0 Å². The zero-order valence-corrected chi connectivity index (χ0v) is 25.8. The van der Waals surface area contributed by atoms with Crippen molar-refractivity contribution >= 4 is 74.9 Å². The molecule has 0 spiro atoms. The molecule has 0 atom stereocenters. The van der Waals surface area contributed by atoms with Crippen LogP contribution < -0.4 is 0 Å². The lowest BCUT2D eigenvalue weighted by molar-refractivity contribution is 1.20. The SMILES string of the molecule is c1ccc(-c2cccc3c2sc2c(-c4ccc5c6ccccc6n(-c6cc7ccccc7c7ccccc67)c5c4)cccc23)cc1. The standard InChI is InChI=1S/C44H27NS/c1-2-12-28(13-3-1)32-19-10-21-38-39-22-11-20-33(44(39)46-43(32)38)30-24-25-37-36-18-8-9-23-40(36)45(42(37)27-30)41-26-29-14-4-5-15-31(29)34-16-6-7-17-35(34)41/h1-27H. The molecule has 2 heterocycles. The minimum atomic E-state index is 1.21. The minimum absolute atomic E-state index is 1.21. The van der Waals surface area contributed by atoms with E-state index in [9.17, 15) is 0 Å². The molecule has 10 rings (SSSR count). The van der Waals surface area contributed by atoms with Crippen LogP contribution in [0.25, 0.3) is 91.5 Å². The van der Waals surface area contributed by atoms with E-state index < -0.39 is 0 Å². The van der Waals surface area contributed by atoms with E-state index in [1.807, 2.05) is 11.3 Å². The monoisotopic (exact) mass is 601 g/mol. The largest absolute Gasteiger partial charge is 0.309 e. The fraction of sp³-hybridized carbons (Fsp3) is 0. The maximum atomic E-state index is 2.49. The predicted molar refractivity (Wildman–Crippen MR) is 200 cm³/mol. The van der Waals surface area contributed by atoms with Gasteiger partial charge in [0, 0.05) is 36.3 Å². The fourth-order valence-electron chi connectivity index (χ4n) is 7.51. The first-order valence-corrected chi connectivity index (χ1v) is 16.6. The molecule has 0 radical (unpaired) electrons. The van der Waals surface area contributed by atoms with Gasteiger partial charge in [-0.15, -0.1) is 11.3 Å². The highest BCUT2D eigenvalue weighted by Crippen LogP contribution is 2.45. The molecule has 0 aliphatic carbocycles. The summed E-state index contributed by atoms with van der Waals surface area (Å²) in [6, 6.07) is 60.1. The van der Waals surface area contributed by atoms with Gasteiger partial charge in [0.15, 0.2) is 0 Å². The van der Waals surface area contributed by atoms with E-state index in [0.29, 0.717) is 0 Å². The van der Waals surface area contributed by atoms with Gasteiger partial charge >= 0.3 is 0 Å². The van der Waals surface area contributed by atoms with E-state index in [-0.39, 0.29) is 0 Å². The van der Waals surface area contributed by atoms with Gasteiger partial charge in [0.1, 0.15) is 0 Å². The van der Waals surface area contributed by atoms with Gasteiger partial charge in [-0.1, -0.05) is 146 Å². The van der Waals surface area contributed by atoms with Crippen LogP contribution in [-0.2, 0) is 0 Å². The van der Waals surface area contributed by atoms with Gasteiger partial charge < -0.3 is 4.57 Å². The summed E-state index contributed by atoms with van der Waals surface area (Å²) in [5.74, 6) is 0. The number of hydrogen-bond acceptors (Lipinski definition) is 1. The maximum absolute atomic E-state index is 2.49. The van der Waals surface area contributed by atoms with Crippen molar-refractivity contribution in [1.29, 1.82) is 0 Å². The van der Waals surface area contributed by atoms with E-state index in [1.54, 1.807) is 0 Å². The van der Waals surface area contributed by atoms with E-state index in [1.165, 1.54) is 91.5 Å². The molecular weight excluding hydrogens is 575 g/mol. The number of hydrogen-bond donors (Lipinski definition) is 0. The molecule has 0 amide bonds. The Balaban J connectivity index is 1.27. The minimum Gasteiger partial charge on any atom is -0.309 e. The molecule has 0 fully saturated rings. The van der Waals surface area contributed by atoms with E-state index >= 15 is 0 Å². The number of nitrogens with zero attached hydrogens (tertiary/aromatic N) is 1. The number of para-hydroxylation sites is 1. The first-order chi connectivity index (χ1) is 22.8. The molecule has 8 aromatic carbocycles. The quantitative estimate of drug-likeness (QED) is 0.178. The molecule has 0 saturated carbocycles. The maximum Gasteiger partial charge on any atom is 0.0547 e. The summed E-state index contributed by atoms with van der Waals surface area (Å²) in [7, 11) is 0. The topological polar surface area (TPSA) is 4.93 Å². The summed E-state index contributed by atoms with van der Waals surface area (Å²) < 4.78 is 5.16. The van der Waals surface area contributed by atoms with Gasteiger partial charge in [0.25, 0.3) is 0 Å². The number of aromatic nitrogens is 1. The van der Waals surface area contributed by atoms with Crippen LogP contribution in [0.3, 0.4) is 0 Å². The first-order valence-electron chi connectivity index (χ1n) is 15.8. The van der Waals surface area contributed by atoms with Crippen molar-refractivity contribution in [2.24, 2.45) is 0 Å². The molecular formula is C44H27NS. The molecule has 0 N–H and O–H groups in total. The third-order valence-corrected chi connectivity index (χ3v) is 10.9. The Morgan fingerprint density at radius 3 is 1.72 bits per heavy atom. The van der Waals surface area contributed by atoms with Crippen LogP contribution in [0.15, 0.2) is 164 Å². The fourth-order valence-corrected chi connectivity index (χ4v) is 8.88. The first kappa shape index (κ1) is 25.6. The Hall–Kier alpha value is -5.70. The van der Waals surface area contributed by atoms with Crippen molar-refractivity contribution in [3.63, 3.8) is 0 Å². The van der Waals surface area contributed by atoms with Gasteiger partial charge in [0.2, 0.25) is 0 Å². The number of thiophene rings is 1. The van der Waals surface area contributed by atoms with Crippen LogP contribution in [0.1, 0.15) is 0 Å². The average molecular weight is 602 g/mol. The van der Waals surface area contributed by atoms with Crippen LogP contribution in [0.5, 0.6) is 0 Å². The lowest BCUT2D eigenvalue weighted by atomic mass is 9.99. The Labute approximate surface area is 270 Å². The lowest BCUT2D eigenvalue weighted by Gasteiger charge is -2.15. The number of rotatable bonds is 3. The Bertz CT molecular complexity index is 2800. The second kappa shape index (κ2) is 9.90. The van der Waals surface area contributed by atoms with Gasteiger partial charge in [-0.3, -0.25) is 0 Å². The summed E-state index contributed by atoms with van der Waals surface area (Å²) in [5, 5.41) is 10.3. The van der Waals surface area contributed by atoms with Gasteiger partial charge in [-0.25, -0.2) is 0 Å². The smallest absolute Gasteiger partial charge is 0.0547 e. The van der Waals surface area contributed by atoms with Crippen molar-refractivity contribution in [1.82, 2.24) is 4.57 Å². The molecule has 46 heavy (non-hydrogen) atoms. The molecule has 1 nitrogen and oxygen atoms in total. The molecule has 0 bridgehead atoms. The molecule has 0 saturated heterocycles. The zero-order valence-electron chi connectivity index (χ0n) is 24.9. The van der Waals surface area contributed by atoms with Gasteiger partial charge in [0.05, 0.1) is 16.7 Å². The van der Waals surface area contributed by atoms with Crippen molar-refractivity contribution < 1.29 is 0 Å². The molecule has 10 aromatic rings. The van der Waals surface area contributed by atoms with Crippen LogP contribution >= 0.6 is 11.3 Å². The number of fused-ring (bicyclic) bond motifs is 9. The highest BCUT2D eigenvalue weighted by Gasteiger charge is 2.18. The van der Waals surface area contributed by atoms with Gasteiger partial charge in [-0.2, -0.15) is 0 Å². The van der Waals surface area contributed by atoms with Crippen molar-refractivity contribution in [3.8, 4) is 27.9 Å². The van der Waals surface area contributed by atoms with Crippen molar-refractivity contribution in [2.45, 2.75) is 0 Å². The molecule has 0 aliphatic rings. The predicted octanol–water partition coefficient (Wildman–Crippen LogP) is 12.8. The van der Waals surface area contributed by atoms with Crippen LogP contribution in [0.4, 0.5) is 0 Å². The van der Waals surface area contributed by atoms with Gasteiger partial charge in [-0.05, 0) is 56.6 Å². The zero-order chi connectivity index (χ0) is 30.2. The second-order valence-electron chi connectivity index (χ2n) is 12.1. The molecule has 0 aliphatic heterocycles. The van der Waals surface area contributed by atoms with Crippen LogP contribution in [0, 0.1) is 0 Å².